The molecule has 1 saturated carbocycles. The monoisotopic (exact) mass is 333 g/mol. The molecule has 1 N–H and O–H groups in total. The summed E-state index contributed by atoms with van der Waals surface area (Å²) in [4.78, 5) is 0. The van der Waals surface area contributed by atoms with Crippen LogP contribution in [0.25, 0.3) is 0 Å². The lowest BCUT2D eigenvalue weighted by molar-refractivity contribution is 0.257. The highest BCUT2D eigenvalue weighted by molar-refractivity contribution is 9.10. The molecule has 0 amide bonds. The average Bonchev–Trinajstić information content (AvgIpc) is 2.81. The number of aryl methyl sites for hydroxylation is 1. The lowest BCUT2D eigenvalue weighted by Crippen LogP contribution is -2.41. The van der Waals surface area contributed by atoms with Gasteiger partial charge in [0.05, 0.1) is 6.04 Å². The Kier molecular flexibility index (Phi) is 3.99. The summed E-state index contributed by atoms with van der Waals surface area (Å²) in [6.07, 6.45) is 2.40. The van der Waals surface area contributed by atoms with Crippen LogP contribution in [0.2, 0.25) is 0 Å². The third-order valence-electron chi connectivity index (χ3n) is 4.16. The molecule has 2 aromatic rings. The Bertz CT molecular complexity index is 586. The molecule has 1 fully saturated rings. The number of rotatable bonds is 4. The molecule has 20 heavy (non-hydrogen) atoms. The second-order valence-corrected chi connectivity index (χ2v) is 6.58. The summed E-state index contributed by atoms with van der Waals surface area (Å²) in [5.41, 5.74) is 1.44. The summed E-state index contributed by atoms with van der Waals surface area (Å²) in [5.74, 6) is 2.69. The van der Waals surface area contributed by atoms with Crippen molar-refractivity contribution in [1.82, 2.24) is 5.32 Å². The number of halogens is 1. The van der Waals surface area contributed by atoms with Crippen LogP contribution >= 0.6 is 15.9 Å². The molecule has 0 spiro atoms. The summed E-state index contributed by atoms with van der Waals surface area (Å²) in [5, 5.41) is 3.66. The molecule has 1 atom stereocenters. The molecule has 2 nitrogen and oxygen atoms in total. The average molecular weight is 334 g/mol. The molecular weight excluding hydrogens is 314 g/mol. The Morgan fingerprint density at radius 3 is 2.60 bits per heavy atom. The van der Waals surface area contributed by atoms with Crippen molar-refractivity contribution in [2.45, 2.75) is 44.7 Å². The van der Waals surface area contributed by atoms with Gasteiger partial charge in [-0.2, -0.15) is 0 Å². The van der Waals surface area contributed by atoms with Crippen LogP contribution in [0.3, 0.4) is 0 Å². The fraction of sp³-hybridized carbons (Fsp3) is 0.412. The molecule has 106 valence electrons. The number of hydrogen-bond donors (Lipinski definition) is 1. The predicted octanol–water partition coefficient (Wildman–Crippen LogP) is 4.95. The lowest BCUT2D eigenvalue weighted by atomic mass is 9.75. The van der Waals surface area contributed by atoms with Crippen molar-refractivity contribution >= 4 is 15.9 Å². The molecule has 0 bridgehead atoms. The fourth-order valence-corrected chi connectivity index (χ4v) is 3.54. The fourth-order valence-electron chi connectivity index (χ4n) is 2.94. The van der Waals surface area contributed by atoms with Crippen LogP contribution < -0.4 is 5.32 Å². The minimum absolute atomic E-state index is 0.286. The van der Waals surface area contributed by atoms with E-state index in [9.17, 15) is 0 Å². The van der Waals surface area contributed by atoms with Crippen molar-refractivity contribution < 1.29 is 4.42 Å². The van der Waals surface area contributed by atoms with Crippen LogP contribution in [-0.2, 0) is 0 Å². The molecule has 0 aliphatic heterocycles. The smallest absolute Gasteiger partial charge is 0.120 e. The highest BCUT2D eigenvalue weighted by atomic mass is 79.9. The van der Waals surface area contributed by atoms with Gasteiger partial charge in [-0.05, 0) is 56.4 Å². The van der Waals surface area contributed by atoms with E-state index in [1.165, 1.54) is 22.9 Å². The van der Waals surface area contributed by atoms with Crippen molar-refractivity contribution in [2.75, 3.05) is 0 Å². The molecule has 1 aromatic heterocycles. The Morgan fingerprint density at radius 1 is 1.20 bits per heavy atom. The van der Waals surface area contributed by atoms with Gasteiger partial charge in [0.25, 0.3) is 0 Å². The van der Waals surface area contributed by atoms with Crippen LogP contribution in [0, 0.1) is 6.92 Å². The second-order valence-electron chi connectivity index (χ2n) is 5.72. The van der Waals surface area contributed by atoms with Crippen LogP contribution in [0.4, 0.5) is 0 Å². The van der Waals surface area contributed by atoms with Gasteiger partial charge < -0.3 is 9.73 Å². The van der Waals surface area contributed by atoms with Gasteiger partial charge in [-0.3, -0.25) is 0 Å². The highest BCUT2D eigenvalue weighted by Gasteiger charge is 2.32. The van der Waals surface area contributed by atoms with E-state index in [1.54, 1.807) is 0 Å². The Hall–Kier alpha value is -1.06. The standard InChI is InChI=1S/C17H20BrNO/c1-11-7-8-17(20-11)12(2)19-14-9-13(10-14)15-5-3-4-6-16(15)18/h3-8,12-14,19H,9-10H2,1-2H3. The topological polar surface area (TPSA) is 25.2 Å². The molecule has 0 saturated heterocycles. The Morgan fingerprint density at radius 2 is 1.95 bits per heavy atom. The van der Waals surface area contributed by atoms with E-state index >= 15 is 0 Å². The van der Waals surface area contributed by atoms with Crippen molar-refractivity contribution in [3.05, 3.63) is 58.0 Å². The first-order valence-corrected chi connectivity index (χ1v) is 7.99. The maximum atomic E-state index is 5.68. The number of furan rings is 1. The van der Waals surface area contributed by atoms with Gasteiger partial charge in [0, 0.05) is 10.5 Å². The molecule has 3 heteroatoms. The minimum Gasteiger partial charge on any atom is -0.465 e. The van der Waals surface area contributed by atoms with E-state index in [0.717, 1.165) is 11.5 Å². The molecular formula is C17H20BrNO. The maximum Gasteiger partial charge on any atom is 0.120 e. The molecule has 0 radical (unpaired) electrons. The summed E-state index contributed by atoms with van der Waals surface area (Å²) in [7, 11) is 0. The highest BCUT2D eigenvalue weighted by Crippen LogP contribution is 2.40. The molecule has 1 aromatic carbocycles. The first-order valence-electron chi connectivity index (χ1n) is 7.20. The summed E-state index contributed by atoms with van der Waals surface area (Å²) in [6.45, 7) is 4.16. The number of hydrogen-bond acceptors (Lipinski definition) is 2. The number of benzene rings is 1. The van der Waals surface area contributed by atoms with Gasteiger partial charge in [-0.15, -0.1) is 0 Å². The third kappa shape index (κ3) is 2.84. The third-order valence-corrected chi connectivity index (χ3v) is 4.88. The molecule has 1 aliphatic rings. The van der Waals surface area contributed by atoms with Gasteiger partial charge in [0.15, 0.2) is 0 Å². The minimum atomic E-state index is 0.286. The Labute approximate surface area is 128 Å². The molecule has 1 unspecified atom stereocenters. The zero-order valence-electron chi connectivity index (χ0n) is 11.9. The second kappa shape index (κ2) is 5.74. The van der Waals surface area contributed by atoms with Crippen LogP contribution in [0.5, 0.6) is 0 Å². The first-order chi connectivity index (χ1) is 9.63. The van der Waals surface area contributed by atoms with Crippen molar-refractivity contribution in [2.24, 2.45) is 0 Å². The maximum absolute atomic E-state index is 5.68. The van der Waals surface area contributed by atoms with Crippen molar-refractivity contribution in [1.29, 1.82) is 0 Å². The SMILES string of the molecule is Cc1ccc(C(C)NC2CC(c3ccccc3Br)C2)o1. The zero-order valence-corrected chi connectivity index (χ0v) is 13.5. The van der Waals surface area contributed by atoms with E-state index < -0.39 is 0 Å². The summed E-state index contributed by atoms with van der Waals surface area (Å²) in [6, 6.07) is 13.5. The van der Waals surface area contributed by atoms with E-state index in [-0.39, 0.29) is 6.04 Å². The van der Waals surface area contributed by atoms with Gasteiger partial charge in [-0.1, -0.05) is 34.1 Å². The number of nitrogens with one attached hydrogen (secondary N) is 1. The van der Waals surface area contributed by atoms with Crippen LogP contribution in [-0.4, -0.2) is 6.04 Å². The first kappa shape index (κ1) is 13.9. The Balaban J connectivity index is 1.55. The van der Waals surface area contributed by atoms with Crippen LogP contribution in [0.15, 0.2) is 45.3 Å². The van der Waals surface area contributed by atoms with E-state index in [4.69, 9.17) is 4.42 Å². The predicted molar refractivity (Wildman–Crippen MR) is 84.9 cm³/mol. The quantitative estimate of drug-likeness (QED) is 0.856. The van der Waals surface area contributed by atoms with Gasteiger partial charge in [-0.25, -0.2) is 0 Å². The molecule has 3 rings (SSSR count). The molecule has 1 aliphatic carbocycles. The van der Waals surface area contributed by atoms with Crippen LogP contribution in [0.1, 0.15) is 48.8 Å². The van der Waals surface area contributed by atoms with Gasteiger partial charge >= 0.3 is 0 Å². The molecule has 1 heterocycles. The van der Waals surface area contributed by atoms with E-state index in [2.05, 4.69) is 58.5 Å². The van der Waals surface area contributed by atoms with Crippen molar-refractivity contribution in [3.8, 4) is 0 Å². The normalized spacial score (nSPS) is 23.4. The van der Waals surface area contributed by atoms with Crippen molar-refractivity contribution in [3.63, 3.8) is 0 Å². The lowest BCUT2D eigenvalue weighted by Gasteiger charge is -2.38. The largest absolute Gasteiger partial charge is 0.465 e. The summed E-state index contributed by atoms with van der Waals surface area (Å²) >= 11 is 3.65. The van der Waals surface area contributed by atoms with E-state index in [0.29, 0.717) is 12.0 Å². The van der Waals surface area contributed by atoms with E-state index in [1.807, 2.05) is 13.0 Å². The van der Waals surface area contributed by atoms with Gasteiger partial charge in [0.1, 0.15) is 11.5 Å². The van der Waals surface area contributed by atoms with Gasteiger partial charge in [0.2, 0.25) is 0 Å². The summed E-state index contributed by atoms with van der Waals surface area (Å²) < 4.78 is 6.91. The zero-order chi connectivity index (χ0) is 14.1.